The molecule has 0 radical (unpaired) electrons. The maximum absolute atomic E-state index is 11.4. The van der Waals surface area contributed by atoms with Crippen LogP contribution in [0.25, 0.3) is 0 Å². The summed E-state index contributed by atoms with van der Waals surface area (Å²) in [6.45, 7) is 13.3. The van der Waals surface area contributed by atoms with Crippen molar-refractivity contribution >= 4 is 0 Å². The summed E-state index contributed by atoms with van der Waals surface area (Å²) in [5.74, 6) is 1.70. The number of aliphatic hydroxyl groups is 2. The van der Waals surface area contributed by atoms with Crippen LogP contribution < -0.4 is 0 Å². The molecule has 3 aliphatic rings. The standard InChI is InChI=1S/C27H44O2/c1-19(2)8-6-17-27(5,29)25-15-14-24-21(9-7-16-26(24,25)4)11-12-22-18-23(28)13-10-20(22)3/h11-12,19,23-25,28-29H,3,6-10,13-18H2,1-2,4-5H3/b21-11+,22-12-/t23-,24?,25-,26-,27+/m0/s1. The van der Waals surface area contributed by atoms with Gasteiger partial charge in [-0.25, -0.2) is 0 Å². The predicted molar refractivity (Wildman–Crippen MR) is 123 cm³/mol. The molecule has 29 heavy (non-hydrogen) atoms. The van der Waals surface area contributed by atoms with Crippen LogP contribution in [0.3, 0.4) is 0 Å². The third-order valence-electron chi connectivity index (χ3n) is 8.37. The molecule has 2 heteroatoms. The molecule has 5 atom stereocenters. The first kappa shape index (κ1) is 22.8. The molecular formula is C27H44O2. The van der Waals surface area contributed by atoms with Crippen molar-refractivity contribution in [3.63, 3.8) is 0 Å². The maximum Gasteiger partial charge on any atom is 0.0653 e. The van der Waals surface area contributed by atoms with Gasteiger partial charge in [0.05, 0.1) is 11.7 Å². The third-order valence-corrected chi connectivity index (χ3v) is 8.37. The highest BCUT2D eigenvalue weighted by Crippen LogP contribution is 2.60. The quantitative estimate of drug-likeness (QED) is 0.518. The first-order chi connectivity index (χ1) is 13.6. The first-order valence-electron chi connectivity index (χ1n) is 12.1. The Labute approximate surface area is 179 Å². The fraction of sp³-hybridized carbons (Fsp3) is 0.778. The van der Waals surface area contributed by atoms with Crippen molar-refractivity contribution in [2.45, 2.75) is 110 Å². The monoisotopic (exact) mass is 400 g/mol. The second-order valence-electron chi connectivity index (χ2n) is 11.1. The van der Waals surface area contributed by atoms with Crippen molar-refractivity contribution in [2.75, 3.05) is 0 Å². The normalized spacial score (nSPS) is 37.9. The number of hydrogen-bond acceptors (Lipinski definition) is 2. The Morgan fingerprint density at radius 3 is 2.69 bits per heavy atom. The zero-order valence-electron chi connectivity index (χ0n) is 19.3. The molecule has 2 N–H and O–H groups in total. The molecule has 3 fully saturated rings. The van der Waals surface area contributed by atoms with Gasteiger partial charge < -0.3 is 10.2 Å². The lowest BCUT2D eigenvalue weighted by atomic mass is 9.59. The summed E-state index contributed by atoms with van der Waals surface area (Å²) in [4.78, 5) is 0. The molecule has 1 unspecified atom stereocenters. The molecular weight excluding hydrogens is 356 g/mol. The lowest BCUT2D eigenvalue weighted by molar-refractivity contribution is -0.0657. The number of allylic oxidation sites excluding steroid dienone is 4. The summed E-state index contributed by atoms with van der Waals surface area (Å²) in [5, 5.41) is 21.5. The lowest BCUT2D eigenvalue weighted by Crippen LogP contribution is -2.45. The van der Waals surface area contributed by atoms with Crippen molar-refractivity contribution in [3.8, 4) is 0 Å². The number of aliphatic hydroxyl groups excluding tert-OH is 1. The summed E-state index contributed by atoms with van der Waals surface area (Å²) in [6.07, 6.45) is 16.2. The highest BCUT2D eigenvalue weighted by Gasteiger charge is 2.54. The molecule has 0 heterocycles. The largest absolute Gasteiger partial charge is 0.393 e. The SMILES string of the molecule is C=C1CC[C@H](O)C/C1=C/C=C1\CCC[C@@]2(C)C1CC[C@@H]2[C@](C)(O)CCCC(C)C. The summed E-state index contributed by atoms with van der Waals surface area (Å²) in [6, 6.07) is 0. The molecule has 3 aliphatic carbocycles. The molecule has 0 spiro atoms. The van der Waals surface area contributed by atoms with Crippen LogP contribution in [-0.4, -0.2) is 21.9 Å². The van der Waals surface area contributed by atoms with Gasteiger partial charge in [-0.2, -0.15) is 0 Å². The molecule has 0 aromatic rings. The molecule has 0 aromatic heterocycles. The zero-order chi connectivity index (χ0) is 21.2. The van der Waals surface area contributed by atoms with Crippen molar-refractivity contribution in [2.24, 2.45) is 23.2 Å². The highest BCUT2D eigenvalue weighted by molar-refractivity contribution is 5.36. The van der Waals surface area contributed by atoms with Crippen LogP contribution in [0.5, 0.6) is 0 Å². The van der Waals surface area contributed by atoms with Gasteiger partial charge in [0, 0.05) is 0 Å². The smallest absolute Gasteiger partial charge is 0.0653 e. The van der Waals surface area contributed by atoms with E-state index in [0.717, 1.165) is 38.5 Å². The first-order valence-corrected chi connectivity index (χ1v) is 12.1. The number of fused-ring (bicyclic) bond motifs is 1. The molecule has 3 saturated carbocycles. The van der Waals surface area contributed by atoms with E-state index in [1.54, 1.807) is 5.57 Å². The van der Waals surface area contributed by atoms with Gasteiger partial charge in [-0.1, -0.05) is 63.5 Å². The average molecular weight is 401 g/mol. The van der Waals surface area contributed by atoms with Crippen LogP contribution in [0.1, 0.15) is 98.3 Å². The minimum atomic E-state index is -0.554. The molecule has 0 bridgehead atoms. The molecule has 0 aromatic carbocycles. The van der Waals surface area contributed by atoms with Crippen molar-refractivity contribution in [1.82, 2.24) is 0 Å². The maximum atomic E-state index is 11.4. The van der Waals surface area contributed by atoms with E-state index in [4.69, 9.17) is 0 Å². The fourth-order valence-corrected chi connectivity index (χ4v) is 6.70. The van der Waals surface area contributed by atoms with Gasteiger partial charge in [0.25, 0.3) is 0 Å². The second kappa shape index (κ2) is 9.10. The Morgan fingerprint density at radius 2 is 1.97 bits per heavy atom. The third kappa shape index (κ3) is 5.07. The zero-order valence-corrected chi connectivity index (χ0v) is 19.3. The molecule has 2 nitrogen and oxygen atoms in total. The molecule has 0 amide bonds. The van der Waals surface area contributed by atoms with E-state index in [1.165, 1.54) is 43.3 Å². The van der Waals surface area contributed by atoms with Crippen molar-refractivity contribution in [3.05, 3.63) is 35.5 Å². The molecule has 0 aliphatic heterocycles. The Kier molecular flexibility index (Phi) is 7.16. The van der Waals surface area contributed by atoms with Gasteiger partial charge >= 0.3 is 0 Å². The van der Waals surface area contributed by atoms with E-state index in [2.05, 4.69) is 46.4 Å². The Morgan fingerprint density at radius 1 is 1.21 bits per heavy atom. The summed E-state index contributed by atoms with van der Waals surface area (Å²) in [7, 11) is 0. The summed E-state index contributed by atoms with van der Waals surface area (Å²) < 4.78 is 0. The fourth-order valence-electron chi connectivity index (χ4n) is 6.70. The van der Waals surface area contributed by atoms with E-state index >= 15 is 0 Å². The van der Waals surface area contributed by atoms with Gasteiger partial charge in [0.15, 0.2) is 0 Å². The summed E-state index contributed by atoms with van der Waals surface area (Å²) in [5.41, 5.74) is 3.66. The highest BCUT2D eigenvalue weighted by atomic mass is 16.3. The molecule has 3 rings (SSSR count). The van der Waals surface area contributed by atoms with Gasteiger partial charge in [0.1, 0.15) is 0 Å². The topological polar surface area (TPSA) is 40.5 Å². The van der Waals surface area contributed by atoms with Crippen LogP contribution in [0.4, 0.5) is 0 Å². The van der Waals surface area contributed by atoms with Crippen LogP contribution in [-0.2, 0) is 0 Å². The number of rotatable bonds is 6. The van der Waals surface area contributed by atoms with E-state index in [0.29, 0.717) is 17.8 Å². The van der Waals surface area contributed by atoms with Crippen molar-refractivity contribution < 1.29 is 10.2 Å². The Hall–Kier alpha value is -0.860. The van der Waals surface area contributed by atoms with Gasteiger partial charge in [0.2, 0.25) is 0 Å². The van der Waals surface area contributed by atoms with Gasteiger partial charge in [-0.05, 0) is 93.5 Å². The Bertz CT molecular complexity index is 653. The molecule has 0 saturated heterocycles. The van der Waals surface area contributed by atoms with E-state index in [-0.39, 0.29) is 11.5 Å². The van der Waals surface area contributed by atoms with Crippen LogP contribution >= 0.6 is 0 Å². The Balaban J connectivity index is 1.75. The van der Waals surface area contributed by atoms with Crippen LogP contribution in [0.2, 0.25) is 0 Å². The van der Waals surface area contributed by atoms with Crippen molar-refractivity contribution in [1.29, 1.82) is 0 Å². The van der Waals surface area contributed by atoms with Crippen LogP contribution in [0, 0.1) is 23.2 Å². The van der Waals surface area contributed by atoms with E-state index < -0.39 is 5.60 Å². The average Bonchev–Trinajstić information content (AvgIpc) is 3.00. The van der Waals surface area contributed by atoms with Gasteiger partial charge in [-0.15, -0.1) is 0 Å². The van der Waals surface area contributed by atoms with Gasteiger partial charge in [-0.3, -0.25) is 0 Å². The summed E-state index contributed by atoms with van der Waals surface area (Å²) >= 11 is 0. The van der Waals surface area contributed by atoms with Crippen LogP contribution in [0.15, 0.2) is 35.5 Å². The molecule has 164 valence electrons. The minimum Gasteiger partial charge on any atom is -0.393 e. The second-order valence-corrected chi connectivity index (χ2v) is 11.1. The predicted octanol–water partition coefficient (Wildman–Crippen LogP) is 6.73. The van der Waals surface area contributed by atoms with E-state index in [9.17, 15) is 10.2 Å². The van der Waals surface area contributed by atoms with E-state index in [1.807, 2.05) is 0 Å². The minimum absolute atomic E-state index is 0.210. The number of hydrogen-bond donors (Lipinski definition) is 2. The lowest BCUT2D eigenvalue weighted by Gasteiger charge is -2.47.